The van der Waals surface area contributed by atoms with Gasteiger partial charge in [-0.1, -0.05) is 38.3 Å². The van der Waals surface area contributed by atoms with Crippen LogP contribution in [0.1, 0.15) is 63.5 Å². The lowest BCUT2D eigenvalue weighted by Gasteiger charge is -2.15. The normalized spacial score (nSPS) is 18.7. The van der Waals surface area contributed by atoms with E-state index in [1.165, 1.54) is 28.7 Å². The fraction of sp³-hybridized carbons (Fsp3) is 0.500. The fourth-order valence-corrected chi connectivity index (χ4v) is 3.03. The molecule has 1 aromatic carbocycles. The van der Waals surface area contributed by atoms with Crippen molar-refractivity contribution in [3.05, 3.63) is 40.7 Å². The Morgan fingerprint density at radius 1 is 1.18 bits per heavy atom. The minimum atomic E-state index is -0.101. The maximum absolute atomic E-state index is 13.4. The second kappa shape index (κ2) is 5.03. The molecule has 0 heterocycles. The van der Waals surface area contributed by atoms with E-state index in [4.69, 9.17) is 0 Å². The van der Waals surface area contributed by atoms with E-state index in [9.17, 15) is 4.39 Å². The predicted molar refractivity (Wildman–Crippen MR) is 71.6 cm³/mol. The van der Waals surface area contributed by atoms with Gasteiger partial charge in [-0.2, -0.15) is 0 Å². The third kappa shape index (κ3) is 2.15. The average Bonchev–Trinajstić information content (AvgIpc) is 2.55. The Morgan fingerprint density at radius 3 is 2.59 bits per heavy atom. The molecule has 1 aliphatic carbocycles. The van der Waals surface area contributed by atoms with Crippen LogP contribution < -0.4 is 0 Å². The SMILES string of the molecule is CCCC1=C(C)c2ccc(F)cc2C1CCC. The molecule has 0 aliphatic heterocycles. The highest BCUT2D eigenvalue weighted by atomic mass is 19.1. The molecule has 0 aromatic heterocycles. The van der Waals surface area contributed by atoms with E-state index in [2.05, 4.69) is 20.8 Å². The Morgan fingerprint density at radius 2 is 1.94 bits per heavy atom. The number of halogens is 1. The van der Waals surface area contributed by atoms with Crippen LogP contribution in [0.5, 0.6) is 0 Å². The van der Waals surface area contributed by atoms with E-state index < -0.39 is 0 Å². The summed E-state index contributed by atoms with van der Waals surface area (Å²) in [5.41, 5.74) is 5.41. The molecule has 0 saturated heterocycles. The Kier molecular flexibility index (Phi) is 3.66. The molecule has 0 radical (unpaired) electrons. The smallest absolute Gasteiger partial charge is 0.123 e. The molecule has 1 aliphatic rings. The van der Waals surface area contributed by atoms with E-state index >= 15 is 0 Å². The standard InChI is InChI=1S/C16H21F/c1-4-6-13-11(3)14-9-8-12(17)10-16(14)15(13)7-5-2/h8-10,15H,4-7H2,1-3H3. The molecule has 2 rings (SSSR count). The lowest BCUT2D eigenvalue weighted by atomic mass is 9.89. The first-order valence-electron chi connectivity index (χ1n) is 6.68. The van der Waals surface area contributed by atoms with Crippen molar-refractivity contribution in [3.8, 4) is 0 Å². The molecule has 1 aromatic rings. The van der Waals surface area contributed by atoms with Gasteiger partial charge in [-0.15, -0.1) is 0 Å². The molecule has 0 nitrogen and oxygen atoms in total. The monoisotopic (exact) mass is 232 g/mol. The van der Waals surface area contributed by atoms with E-state index in [0.717, 1.165) is 19.3 Å². The second-order valence-electron chi connectivity index (χ2n) is 4.97. The molecule has 92 valence electrons. The van der Waals surface area contributed by atoms with Gasteiger partial charge in [0.2, 0.25) is 0 Å². The van der Waals surface area contributed by atoms with E-state index in [0.29, 0.717) is 5.92 Å². The zero-order valence-electron chi connectivity index (χ0n) is 11.0. The molecule has 0 fully saturated rings. The van der Waals surface area contributed by atoms with Crippen molar-refractivity contribution in [3.63, 3.8) is 0 Å². The average molecular weight is 232 g/mol. The van der Waals surface area contributed by atoms with Gasteiger partial charge in [0.05, 0.1) is 0 Å². The fourth-order valence-electron chi connectivity index (χ4n) is 3.03. The highest BCUT2D eigenvalue weighted by molar-refractivity contribution is 5.77. The predicted octanol–water partition coefficient (Wildman–Crippen LogP) is 5.30. The van der Waals surface area contributed by atoms with Crippen molar-refractivity contribution < 1.29 is 4.39 Å². The van der Waals surface area contributed by atoms with Gasteiger partial charge >= 0.3 is 0 Å². The lowest BCUT2D eigenvalue weighted by molar-refractivity contribution is 0.616. The van der Waals surface area contributed by atoms with Crippen LogP contribution in [0, 0.1) is 5.82 Å². The first-order valence-corrected chi connectivity index (χ1v) is 6.68. The van der Waals surface area contributed by atoms with Crippen LogP contribution >= 0.6 is 0 Å². The Labute approximate surface area is 104 Å². The topological polar surface area (TPSA) is 0 Å². The van der Waals surface area contributed by atoms with Gasteiger partial charge in [0.15, 0.2) is 0 Å². The molecule has 1 heteroatoms. The summed E-state index contributed by atoms with van der Waals surface area (Å²) in [4.78, 5) is 0. The number of hydrogen-bond donors (Lipinski definition) is 0. The summed E-state index contributed by atoms with van der Waals surface area (Å²) in [6.07, 6.45) is 4.61. The Bertz CT molecular complexity index is 443. The Balaban J connectivity index is 2.45. The number of hydrogen-bond acceptors (Lipinski definition) is 0. The number of benzene rings is 1. The van der Waals surface area contributed by atoms with Crippen LogP contribution in [0.4, 0.5) is 4.39 Å². The minimum Gasteiger partial charge on any atom is -0.207 e. The maximum Gasteiger partial charge on any atom is 0.123 e. The van der Waals surface area contributed by atoms with Gasteiger partial charge in [0, 0.05) is 5.92 Å². The molecule has 0 spiro atoms. The van der Waals surface area contributed by atoms with E-state index in [1.807, 2.05) is 6.07 Å². The molecule has 0 amide bonds. The number of fused-ring (bicyclic) bond motifs is 1. The third-order valence-corrected chi connectivity index (χ3v) is 3.79. The van der Waals surface area contributed by atoms with Crippen LogP contribution in [-0.4, -0.2) is 0 Å². The van der Waals surface area contributed by atoms with Gasteiger partial charge in [-0.05, 0) is 48.6 Å². The van der Waals surface area contributed by atoms with Crippen molar-refractivity contribution >= 4 is 5.57 Å². The molecule has 17 heavy (non-hydrogen) atoms. The summed E-state index contributed by atoms with van der Waals surface area (Å²) < 4.78 is 13.4. The van der Waals surface area contributed by atoms with Crippen molar-refractivity contribution in [2.75, 3.05) is 0 Å². The van der Waals surface area contributed by atoms with Crippen LogP contribution in [0.2, 0.25) is 0 Å². The van der Waals surface area contributed by atoms with Crippen LogP contribution in [-0.2, 0) is 0 Å². The third-order valence-electron chi connectivity index (χ3n) is 3.79. The molecule has 0 bridgehead atoms. The van der Waals surface area contributed by atoms with Gasteiger partial charge < -0.3 is 0 Å². The highest BCUT2D eigenvalue weighted by Crippen LogP contribution is 2.45. The Hall–Kier alpha value is -1.11. The number of allylic oxidation sites excluding steroid dienone is 2. The van der Waals surface area contributed by atoms with E-state index in [1.54, 1.807) is 12.1 Å². The molecule has 0 saturated carbocycles. The molecule has 1 unspecified atom stereocenters. The van der Waals surface area contributed by atoms with Gasteiger partial charge in [0.25, 0.3) is 0 Å². The maximum atomic E-state index is 13.4. The summed E-state index contributed by atoms with van der Waals surface area (Å²) in [6.45, 7) is 6.61. The molecule has 0 N–H and O–H groups in total. The van der Waals surface area contributed by atoms with Crippen molar-refractivity contribution in [2.45, 2.75) is 52.4 Å². The van der Waals surface area contributed by atoms with Crippen molar-refractivity contribution in [1.29, 1.82) is 0 Å². The summed E-state index contributed by atoms with van der Waals surface area (Å²) in [5, 5.41) is 0. The molecular weight excluding hydrogens is 211 g/mol. The van der Waals surface area contributed by atoms with Crippen molar-refractivity contribution in [2.24, 2.45) is 0 Å². The molecule has 1 atom stereocenters. The van der Waals surface area contributed by atoms with Gasteiger partial charge in [-0.3, -0.25) is 0 Å². The zero-order chi connectivity index (χ0) is 12.4. The quantitative estimate of drug-likeness (QED) is 0.661. The summed E-state index contributed by atoms with van der Waals surface area (Å²) in [6, 6.07) is 5.27. The summed E-state index contributed by atoms with van der Waals surface area (Å²) >= 11 is 0. The zero-order valence-corrected chi connectivity index (χ0v) is 11.0. The largest absolute Gasteiger partial charge is 0.207 e. The van der Waals surface area contributed by atoms with E-state index in [-0.39, 0.29) is 5.82 Å². The van der Waals surface area contributed by atoms with Crippen LogP contribution in [0.25, 0.3) is 5.57 Å². The first kappa shape index (κ1) is 12.3. The highest BCUT2D eigenvalue weighted by Gasteiger charge is 2.27. The second-order valence-corrected chi connectivity index (χ2v) is 4.97. The molecular formula is C16H21F. The number of rotatable bonds is 4. The first-order chi connectivity index (χ1) is 8.19. The van der Waals surface area contributed by atoms with Gasteiger partial charge in [-0.25, -0.2) is 4.39 Å². The van der Waals surface area contributed by atoms with Crippen LogP contribution in [0.15, 0.2) is 23.8 Å². The van der Waals surface area contributed by atoms with Crippen LogP contribution in [0.3, 0.4) is 0 Å². The van der Waals surface area contributed by atoms with Crippen molar-refractivity contribution in [1.82, 2.24) is 0 Å². The minimum absolute atomic E-state index is 0.101. The van der Waals surface area contributed by atoms with Gasteiger partial charge in [0.1, 0.15) is 5.82 Å². The lowest BCUT2D eigenvalue weighted by Crippen LogP contribution is -1.99. The summed E-state index contributed by atoms with van der Waals surface area (Å²) in [7, 11) is 0. The summed E-state index contributed by atoms with van der Waals surface area (Å²) in [5.74, 6) is 0.362.